The number of nitrogens with zero attached hydrogens (tertiary/aromatic N) is 3. The van der Waals surface area contributed by atoms with Crippen molar-refractivity contribution in [1.82, 2.24) is 14.6 Å². The van der Waals surface area contributed by atoms with E-state index in [2.05, 4.69) is 15.4 Å². The van der Waals surface area contributed by atoms with E-state index in [-0.39, 0.29) is 5.91 Å². The van der Waals surface area contributed by atoms with Crippen molar-refractivity contribution >= 4 is 17.2 Å². The third-order valence-corrected chi connectivity index (χ3v) is 3.90. The van der Waals surface area contributed by atoms with Gasteiger partial charge in [-0.2, -0.15) is 5.10 Å². The molecule has 3 heterocycles. The van der Waals surface area contributed by atoms with Gasteiger partial charge in [0.1, 0.15) is 11.4 Å². The minimum Gasteiger partial charge on any atom is -0.463 e. The molecule has 3 aromatic heterocycles. The standard InChI is InChI=1S/C19H16N4O2/c1-2-14-11-16(19(24)20-13-7-4-3-5-8-13)21-18-12-15(22-23(14)18)17-9-6-10-25-17/h3-12H,2H2,1H3,(H,20,24). The molecule has 0 radical (unpaired) electrons. The molecule has 0 unspecified atom stereocenters. The lowest BCUT2D eigenvalue weighted by atomic mass is 10.2. The van der Waals surface area contributed by atoms with E-state index in [4.69, 9.17) is 4.42 Å². The van der Waals surface area contributed by atoms with Crippen LogP contribution in [0, 0.1) is 0 Å². The van der Waals surface area contributed by atoms with Gasteiger partial charge in [-0.3, -0.25) is 4.79 Å². The van der Waals surface area contributed by atoms with Crippen molar-refractivity contribution in [2.45, 2.75) is 13.3 Å². The smallest absolute Gasteiger partial charge is 0.274 e. The van der Waals surface area contributed by atoms with Crippen LogP contribution >= 0.6 is 0 Å². The van der Waals surface area contributed by atoms with Crippen molar-refractivity contribution in [3.05, 3.63) is 72.2 Å². The number of para-hydroxylation sites is 1. The van der Waals surface area contributed by atoms with E-state index in [0.29, 0.717) is 22.8 Å². The summed E-state index contributed by atoms with van der Waals surface area (Å²) in [7, 11) is 0. The van der Waals surface area contributed by atoms with Gasteiger partial charge in [0.2, 0.25) is 0 Å². The van der Waals surface area contributed by atoms with Crippen LogP contribution in [0.25, 0.3) is 17.1 Å². The number of fused-ring (bicyclic) bond motifs is 1. The molecule has 25 heavy (non-hydrogen) atoms. The van der Waals surface area contributed by atoms with Gasteiger partial charge in [-0.05, 0) is 36.8 Å². The highest BCUT2D eigenvalue weighted by molar-refractivity contribution is 6.03. The Morgan fingerprint density at radius 1 is 1.16 bits per heavy atom. The zero-order chi connectivity index (χ0) is 17.2. The molecule has 0 fully saturated rings. The average molecular weight is 332 g/mol. The molecule has 4 aromatic rings. The Labute approximate surface area is 144 Å². The fourth-order valence-electron chi connectivity index (χ4n) is 2.67. The molecule has 0 atom stereocenters. The zero-order valence-electron chi connectivity index (χ0n) is 13.6. The van der Waals surface area contributed by atoms with Crippen LogP contribution in [0.15, 0.2) is 65.3 Å². The average Bonchev–Trinajstić information content (AvgIpc) is 3.30. The molecule has 0 aliphatic rings. The Hall–Kier alpha value is -3.41. The second kappa shape index (κ2) is 6.24. The van der Waals surface area contributed by atoms with Crippen LogP contribution in [-0.4, -0.2) is 20.5 Å². The Balaban J connectivity index is 1.73. The van der Waals surface area contributed by atoms with Crippen molar-refractivity contribution in [1.29, 1.82) is 0 Å². The quantitative estimate of drug-likeness (QED) is 0.617. The number of aryl methyl sites for hydroxylation is 1. The first kappa shape index (κ1) is 15.1. The van der Waals surface area contributed by atoms with Crippen LogP contribution in [0.4, 0.5) is 5.69 Å². The molecular formula is C19H16N4O2. The third-order valence-electron chi connectivity index (χ3n) is 3.90. The maximum absolute atomic E-state index is 12.5. The molecule has 6 heteroatoms. The molecule has 124 valence electrons. The highest BCUT2D eigenvalue weighted by atomic mass is 16.3. The van der Waals surface area contributed by atoms with E-state index in [1.807, 2.05) is 55.5 Å². The van der Waals surface area contributed by atoms with Crippen molar-refractivity contribution in [2.24, 2.45) is 0 Å². The molecule has 0 saturated carbocycles. The minimum atomic E-state index is -0.246. The number of anilines is 1. The van der Waals surface area contributed by atoms with Crippen LogP contribution in [0.2, 0.25) is 0 Å². The van der Waals surface area contributed by atoms with Crippen LogP contribution in [0.5, 0.6) is 0 Å². The number of benzene rings is 1. The lowest BCUT2D eigenvalue weighted by Crippen LogP contribution is -2.15. The number of hydrogen-bond acceptors (Lipinski definition) is 4. The molecule has 0 aliphatic carbocycles. The monoisotopic (exact) mass is 332 g/mol. The van der Waals surface area contributed by atoms with Crippen molar-refractivity contribution in [2.75, 3.05) is 5.32 Å². The number of aromatic nitrogens is 3. The first-order valence-electron chi connectivity index (χ1n) is 8.04. The summed E-state index contributed by atoms with van der Waals surface area (Å²) >= 11 is 0. The lowest BCUT2D eigenvalue weighted by molar-refractivity contribution is 0.102. The maximum atomic E-state index is 12.5. The third kappa shape index (κ3) is 2.89. The largest absolute Gasteiger partial charge is 0.463 e. The van der Waals surface area contributed by atoms with Gasteiger partial charge in [-0.25, -0.2) is 9.50 Å². The summed E-state index contributed by atoms with van der Waals surface area (Å²) < 4.78 is 7.14. The van der Waals surface area contributed by atoms with E-state index in [9.17, 15) is 4.79 Å². The Kier molecular flexibility index (Phi) is 3.78. The molecular weight excluding hydrogens is 316 g/mol. The van der Waals surface area contributed by atoms with Gasteiger partial charge >= 0.3 is 0 Å². The number of carbonyl (C=O) groups excluding carboxylic acids is 1. The second-order valence-electron chi connectivity index (χ2n) is 5.58. The molecule has 1 N–H and O–H groups in total. The lowest BCUT2D eigenvalue weighted by Gasteiger charge is -2.07. The van der Waals surface area contributed by atoms with Crippen LogP contribution in [0.1, 0.15) is 23.1 Å². The molecule has 0 spiro atoms. The molecule has 1 aromatic carbocycles. The summed E-state index contributed by atoms with van der Waals surface area (Å²) in [6, 6.07) is 16.6. The number of nitrogens with one attached hydrogen (secondary N) is 1. The van der Waals surface area contributed by atoms with Crippen LogP contribution < -0.4 is 5.32 Å². The van der Waals surface area contributed by atoms with Gasteiger partial charge in [0.05, 0.1) is 6.26 Å². The number of hydrogen-bond donors (Lipinski definition) is 1. The molecule has 1 amide bonds. The molecule has 0 aliphatic heterocycles. The second-order valence-corrected chi connectivity index (χ2v) is 5.58. The van der Waals surface area contributed by atoms with Gasteiger partial charge in [0.15, 0.2) is 11.4 Å². The normalized spacial score (nSPS) is 10.9. The summed E-state index contributed by atoms with van der Waals surface area (Å²) in [6.45, 7) is 2.02. The minimum absolute atomic E-state index is 0.246. The van der Waals surface area contributed by atoms with E-state index >= 15 is 0 Å². The highest BCUT2D eigenvalue weighted by Gasteiger charge is 2.15. The van der Waals surface area contributed by atoms with E-state index < -0.39 is 0 Å². The van der Waals surface area contributed by atoms with E-state index in [1.165, 1.54) is 0 Å². The fraction of sp³-hybridized carbons (Fsp3) is 0.105. The first-order valence-corrected chi connectivity index (χ1v) is 8.04. The van der Waals surface area contributed by atoms with Crippen LogP contribution in [0.3, 0.4) is 0 Å². The van der Waals surface area contributed by atoms with Gasteiger partial charge < -0.3 is 9.73 Å². The molecule has 4 rings (SSSR count). The van der Waals surface area contributed by atoms with Crippen LogP contribution in [-0.2, 0) is 6.42 Å². The topological polar surface area (TPSA) is 72.4 Å². The number of furan rings is 1. The van der Waals surface area contributed by atoms with E-state index in [0.717, 1.165) is 17.8 Å². The summed E-state index contributed by atoms with van der Waals surface area (Å²) in [5.74, 6) is 0.423. The number of carbonyl (C=O) groups is 1. The summed E-state index contributed by atoms with van der Waals surface area (Å²) in [5.41, 5.74) is 3.30. The predicted molar refractivity (Wildman–Crippen MR) is 94.5 cm³/mol. The van der Waals surface area contributed by atoms with Gasteiger partial charge in [0.25, 0.3) is 5.91 Å². The molecule has 0 bridgehead atoms. The Morgan fingerprint density at radius 2 is 2.00 bits per heavy atom. The van der Waals surface area contributed by atoms with Crippen molar-refractivity contribution in [3.63, 3.8) is 0 Å². The van der Waals surface area contributed by atoms with Gasteiger partial charge in [-0.1, -0.05) is 25.1 Å². The summed E-state index contributed by atoms with van der Waals surface area (Å²) in [6.07, 6.45) is 2.33. The maximum Gasteiger partial charge on any atom is 0.274 e. The zero-order valence-corrected chi connectivity index (χ0v) is 13.6. The fourth-order valence-corrected chi connectivity index (χ4v) is 2.67. The van der Waals surface area contributed by atoms with E-state index in [1.54, 1.807) is 16.8 Å². The van der Waals surface area contributed by atoms with Gasteiger partial charge in [0, 0.05) is 17.4 Å². The summed E-state index contributed by atoms with van der Waals surface area (Å²) in [4.78, 5) is 17.0. The number of rotatable bonds is 4. The SMILES string of the molecule is CCc1cc(C(=O)Nc2ccccc2)nc2cc(-c3ccco3)nn12. The predicted octanol–water partition coefficient (Wildman–Crippen LogP) is 3.80. The summed E-state index contributed by atoms with van der Waals surface area (Å²) in [5, 5.41) is 7.40. The van der Waals surface area contributed by atoms with Crippen molar-refractivity contribution < 1.29 is 9.21 Å². The van der Waals surface area contributed by atoms with Gasteiger partial charge in [-0.15, -0.1) is 0 Å². The molecule has 0 saturated heterocycles. The highest BCUT2D eigenvalue weighted by Crippen LogP contribution is 2.21. The Bertz CT molecular complexity index is 1020. The first-order chi connectivity index (χ1) is 12.2. The number of amides is 1. The Morgan fingerprint density at radius 3 is 2.72 bits per heavy atom. The van der Waals surface area contributed by atoms with Crippen molar-refractivity contribution in [3.8, 4) is 11.5 Å². The molecule has 6 nitrogen and oxygen atoms in total.